The summed E-state index contributed by atoms with van der Waals surface area (Å²) >= 11 is 0. The Balaban J connectivity index is 1.84. The lowest BCUT2D eigenvalue weighted by molar-refractivity contribution is -0.286. The summed E-state index contributed by atoms with van der Waals surface area (Å²) in [6.45, 7) is 0. The predicted octanol–water partition coefficient (Wildman–Crippen LogP) is 1.38. The Hall–Kier alpha value is -0.0400. The second kappa shape index (κ2) is 1.28. The molecular weight excluding hydrogens is 134 g/mol. The zero-order valence-corrected chi connectivity index (χ0v) is 6.79. The highest BCUT2D eigenvalue weighted by atomic mass is 14.9. The first-order valence-corrected chi connectivity index (χ1v) is 5.06. The van der Waals surface area contributed by atoms with Gasteiger partial charge in [-0.2, -0.15) is 0 Å². The van der Waals surface area contributed by atoms with Gasteiger partial charge in [0.05, 0.1) is 0 Å². The highest BCUT2D eigenvalue weighted by Crippen LogP contribution is 2.79. The van der Waals surface area contributed by atoms with E-state index in [0.29, 0.717) is 6.04 Å². The van der Waals surface area contributed by atoms with Crippen molar-refractivity contribution in [2.75, 3.05) is 0 Å². The molecule has 6 unspecified atom stereocenters. The van der Waals surface area contributed by atoms with E-state index in [4.69, 9.17) is 5.73 Å². The van der Waals surface area contributed by atoms with Crippen molar-refractivity contribution in [3.05, 3.63) is 0 Å². The Bertz CT molecular complexity index is 233. The largest absolute Gasteiger partial charge is 0.327 e. The van der Waals surface area contributed by atoms with Gasteiger partial charge in [0, 0.05) is 6.04 Å². The fourth-order valence-corrected chi connectivity index (χ4v) is 5.13. The first-order chi connectivity index (χ1) is 5.30. The summed E-state index contributed by atoms with van der Waals surface area (Å²) in [4.78, 5) is 0. The lowest BCUT2D eigenvalue weighted by atomic mass is 9.27. The Morgan fingerprint density at radius 2 is 1.91 bits per heavy atom. The van der Waals surface area contributed by atoms with Gasteiger partial charge in [0.25, 0.3) is 0 Å². The van der Waals surface area contributed by atoms with Gasteiger partial charge in [-0.05, 0) is 54.8 Å². The van der Waals surface area contributed by atoms with Gasteiger partial charge in [0.1, 0.15) is 0 Å². The summed E-state index contributed by atoms with van der Waals surface area (Å²) in [5.41, 5.74) is 7.06. The molecule has 7 aliphatic carbocycles. The fraction of sp³-hybridized carbons (Fsp3) is 1.00. The van der Waals surface area contributed by atoms with E-state index in [9.17, 15) is 0 Å². The molecule has 2 N–H and O–H groups in total. The van der Waals surface area contributed by atoms with Crippen LogP contribution in [0.3, 0.4) is 0 Å². The molecule has 5 bridgehead atoms. The molecule has 11 heavy (non-hydrogen) atoms. The summed E-state index contributed by atoms with van der Waals surface area (Å²) < 4.78 is 0. The van der Waals surface area contributed by atoms with Crippen molar-refractivity contribution in [1.82, 2.24) is 0 Å². The van der Waals surface area contributed by atoms with Crippen LogP contribution in [0.25, 0.3) is 0 Å². The molecule has 0 aliphatic heterocycles. The smallest absolute Gasteiger partial charge is 0.00991 e. The van der Waals surface area contributed by atoms with Crippen LogP contribution in [0.2, 0.25) is 0 Å². The van der Waals surface area contributed by atoms with Crippen LogP contribution in [0.1, 0.15) is 25.7 Å². The SMILES string of the molecule is NC1C2CC3CC4(C2)CC1C34. The van der Waals surface area contributed by atoms with Crippen molar-refractivity contribution >= 4 is 0 Å². The highest BCUT2D eigenvalue weighted by molar-refractivity contribution is 5.23. The van der Waals surface area contributed by atoms with E-state index in [1.54, 1.807) is 6.42 Å². The van der Waals surface area contributed by atoms with Crippen LogP contribution in [0.5, 0.6) is 0 Å². The Kier molecular flexibility index (Phi) is 0.651. The minimum absolute atomic E-state index is 0.610. The quantitative estimate of drug-likeness (QED) is 0.553. The second-order valence-electron chi connectivity index (χ2n) is 5.50. The Morgan fingerprint density at radius 3 is 2.45 bits per heavy atom. The molecule has 7 saturated carbocycles. The zero-order valence-electron chi connectivity index (χ0n) is 6.79. The molecule has 60 valence electrons. The van der Waals surface area contributed by atoms with Crippen LogP contribution < -0.4 is 5.73 Å². The molecule has 0 saturated heterocycles. The molecule has 7 fully saturated rings. The summed E-state index contributed by atoms with van der Waals surface area (Å²) in [7, 11) is 0. The molecule has 0 aromatic rings. The van der Waals surface area contributed by atoms with Crippen molar-refractivity contribution in [2.24, 2.45) is 34.8 Å². The summed E-state index contributed by atoms with van der Waals surface area (Å²) in [6.07, 6.45) is 6.08. The minimum Gasteiger partial charge on any atom is -0.327 e. The number of hydrogen-bond donors (Lipinski definition) is 1. The number of rotatable bonds is 0. The van der Waals surface area contributed by atoms with Gasteiger partial charge in [-0.15, -0.1) is 0 Å². The van der Waals surface area contributed by atoms with Crippen LogP contribution in [0.15, 0.2) is 0 Å². The third kappa shape index (κ3) is 0.376. The third-order valence-electron chi connectivity index (χ3n) is 5.30. The predicted molar refractivity (Wildman–Crippen MR) is 42.8 cm³/mol. The first kappa shape index (κ1) is 5.58. The molecule has 1 heteroatoms. The van der Waals surface area contributed by atoms with E-state index < -0.39 is 0 Å². The van der Waals surface area contributed by atoms with Gasteiger partial charge in [-0.1, -0.05) is 0 Å². The summed E-state index contributed by atoms with van der Waals surface area (Å²) in [5, 5.41) is 0. The summed E-state index contributed by atoms with van der Waals surface area (Å²) in [5.74, 6) is 4.16. The molecular formula is C10H15N. The van der Waals surface area contributed by atoms with E-state index in [1.807, 2.05) is 0 Å². The van der Waals surface area contributed by atoms with Crippen LogP contribution in [0.4, 0.5) is 0 Å². The van der Waals surface area contributed by atoms with Crippen LogP contribution in [0, 0.1) is 29.1 Å². The normalized spacial score (nSPS) is 75.5. The average Bonchev–Trinajstić information content (AvgIpc) is 1.96. The van der Waals surface area contributed by atoms with E-state index >= 15 is 0 Å². The van der Waals surface area contributed by atoms with Gasteiger partial charge >= 0.3 is 0 Å². The van der Waals surface area contributed by atoms with Gasteiger partial charge in [-0.25, -0.2) is 0 Å². The monoisotopic (exact) mass is 149 g/mol. The molecule has 0 aromatic heterocycles. The molecule has 1 spiro atoms. The standard InChI is InChI=1S/C10H15N/c11-9-6-1-5-2-10(3-6)4-7(9)8(5)10/h5-9H,1-4,11H2. The van der Waals surface area contributed by atoms with Crippen molar-refractivity contribution in [3.63, 3.8) is 0 Å². The zero-order chi connectivity index (χ0) is 7.22. The van der Waals surface area contributed by atoms with Crippen LogP contribution >= 0.6 is 0 Å². The number of nitrogens with two attached hydrogens (primary N) is 1. The van der Waals surface area contributed by atoms with E-state index in [2.05, 4.69) is 0 Å². The summed E-state index contributed by atoms with van der Waals surface area (Å²) in [6, 6.07) is 0.610. The first-order valence-electron chi connectivity index (χ1n) is 5.06. The van der Waals surface area contributed by atoms with E-state index in [1.165, 1.54) is 19.3 Å². The maximum Gasteiger partial charge on any atom is 0.00991 e. The van der Waals surface area contributed by atoms with Gasteiger partial charge in [-0.3, -0.25) is 0 Å². The molecule has 0 heterocycles. The maximum absolute atomic E-state index is 6.18. The molecule has 7 aliphatic rings. The average molecular weight is 149 g/mol. The third-order valence-corrected chi connectivity index (χ3v) is 5.30. The van der Waals surface area contributed by atoms with Crippen molar-refractivity contribution in [3.8, 4) is 0 Å². The fourth-order valence-electron chi connectivity index (χ4n) is 5.13. The molecule has 0 aromatic carbocycles. The second-order valence-corrected chi connectivity index (χ2v) is 5.50. The van der Waals surface area contributed by atoms with E-state index in [-0.39, 0.29) is 0 Å². The lowest BCUT2D eigenvalue weighted by Crippen LogP contribution is -2.75. The Labute approximate surface area is 67.3 Å². The molecule has 0 amide bonds. The van der Waals surface area contributed by atoms with Crippen molar-refractivity contribution in [2.45, 2.75) is 31.7 Å². The maximum atomic E-state index is 6.18. The number of hydrogen-bond acceptors (Lipinski definition) is 1. The molecule has 1 nitrogen and oxygen atoms in total. The van der Waals surface area contributed by atoms with Gasteiger partial charge in [0.15, 0.2) is 0 Å². The highest BCUT2D eigenvalue weighted by Gasteiger charge is 2.73. The van der Waals surface area contributed by atoms with E-state index in [0.717, 1.165) is 29.1 Å². The van der Waals surface area contributed by atoms with Crippen molar-refractivity contribution < 1.29 is 0 Å². The topological polar surface area (TPSA) is 26.0 Å². The Morgan fingerprint density at radius 1 is 1.09 bits per heavy atom. The molecule has 6 atom stereocenters. The minimum atomic E-state index is 0.610. The van der Waals surface area contributed by atoms with Crippen LogP contribution in [-0.2, 0) is 0 Å². The van der Waals surface area contributed by atoms with Crippen molar-refractivity contribution in [1.29, 1.82) is 0 Å². The van der Waals surface area contributed by atoms with Gasteiger partial charge in [0.2, 0.25) is 0 Å². The molecule has 0 radical (unpaired) electrons. The lowest BCUT2D eigenvalue weighted by Gasteiger charge is -2.79. The van der Waals surface area contributed by atoms with Gasteiger partial charge < -0.3 is 5.73 Å². The van der Waals surface area contributed by atoms with Crippen LogP contribution in [-0.4, -0.2) is 6.04 Å². The molecule has 7 rings (SSSR count).